The molecule has 1 rings (SSSR count). The summed E-state index contributed by atoms with van der Waals surface area (Å²) in [7, 11) is -2.38. The minimum absolute atomic E-state index is 0.0231. The van der Waals surface area contributed by atoms with E-state index < -0.39 is 16.1 Å². The first-order chi connectivity index (χ1) is 8.85. The van der Waals surface area contributed by atoms with Crippen molar-refractivity contribution in [1.82, 2.24) is 4.72 Å². The summed E-state index contributed by atoms with van der Waals surface area (Å²) in [6.07, 6.45) is 0.486. The van der Waals surface area contributed by atoms with E-state index >= 15 is 0 Å². The molecule has 0 heterocycles. The van der Waals surface area contributed by atoms with Crippen LogP contribution in [0.1, 0.15) is 18.9 Å². The van der Waals surface area contributed by atoms with E-state index in [1.807, 2.05) is 0 Å². The van der Waals surface area contributed by atoms with E-state index in [4.69, 9.17) is 15.6 Å². The Labute approximate surface area is 113 Å². The van der Waals surface area contributed by atoms with Crippen LogP contribution in [0.4, 0.5) is 5.69 Å². The Morgan fingerprint density at radius 3 is 2.58 bits per heavy atom. The van der Waals surface area contributed by atoms with E-state index in [0.29, 0.717) is 12.1 Å². The van der Waals surface area contributed by atoms with Gasteiger partial charge in [-0.2, -0.15) is 0 Å². The molecule has 0 aliphatic rings. The summed E-state index contributed by atoms with van der Waals surface area (Å²) < 4.78 is 32.0. The Kier molecular flexibility index (Phi) is 5.16. The number of aryl methyl sites for hydroxylation is 1. The van der Waals surface area contributed by atoms with E-state index in [1.165, 1.54) is 13.2 Å². The molecule has 1 aromatic carbocycles. The number of hydrogen-bond donors (Lipinski definition) is 3. The second-order valence-corrected chi connectivity index (χ2v) is 5.95. The zero-order chi connectivity index (χ0) is 14.6. The molecule has 6 nitrogen and oxygen atoms in total. The Balaban J connectivity index is 3.24. The minimum atomic E-state index is -3.78. The zero-order valence-corrected chi connectivity index (χ0v) is 12.1. The molecule has 1 unspecified atom stereocenters. The molecular formula is C12H20N2O4S. The van der Waals surface area contributed by atoms with Crippen molar-refractivity contribution >= 4 is 15.7 Å². The Morgan fingerprint density at radius 1 is 1.47 bits per heavy atom. The summed E-state index contributed by atoms with van der Waals surface area (Å²) in [5, 5.41) is 9.08. The Morgan fingerprint density at radius 2 is 2.11 bits per heavy atom. The highest BCUT2D eigenvalue weighted by Gasteiger charge is 2.23. The normalized spacial score (nSPS) is 13.3. The van der Waals surface area contributed by atoms with Gasteiger partial charge in [-0.25, -0.2) is 13.1 Å². The van der Waals surface area contributed by atoms with Crippen LogP contribution in [0.2, 0.25) is 0 Å². The first-order valence-corrected chi connectivity index (χ1v) is 7.41. The number of nitrogen functional groups attached to an aromatic ring is 1. The average Bonchev–Trinajstić information content (AvgIpc) is 2.38. The molecular weight excluding hydrogens is 268 g/mol. The molecule has 0 saturated carbocycles. The van der Waals surface area contributed by atoms with Crippen LogP contribution in [0.15, 0.2) is 17.0 Å². The fourth-order valence-corrected chi connectivity index (χ4v) is 3.08. The molecule has 0 bridgehead atoms. The van der Waals surface area contributed by atoms with Crippen LogP contribution in [-0.2, 0) is 10.0 Å². The molecule has 0 saturated heterocycles. The first-order valence-electron chi connectivity index (χ1n) is 5.93. The van der Waals surface area contributed by atoms with Crippen LogP contribution >= 0.6 is 0 Å². The number of nitrogens with one attached hydrogen (secondary N) is 1. The zero-order valence-electron chi connectivity index (χ0n) is 11.3. The lowest BCUT2D eigenvalue weighted by Gasteiger charge is -2.17. The highest BCUT2D eigenvalue weighted by Crippen LogP contribution is 2.28. The molecule has 0 radical (unpaired) electrons. The maximum Gasteiger partial charge on any atom is 0.244 e. The molecule has 0 aliphatic carbocycles. The van der Waals surface area contributed by atoms with Gasteiger partial charge in [0.1, 0.15) is 10.6 Å². The number of ether oxygens (including phenoxy) is 1. The summed E-state index contributed by atoms with van der Waals surface area (Å²) in [5.74, 6) is 0.229. The topological polar surface area (TPSA) is 102 Å². The van der Waals surface area contributed by atoms with Crippen molar-refractivity contribution in [3.63, 3.8) is 0 Å². The highest BCUT2D eigenvalue weighted by atomic mass is 32.2. The van der Waals surface area contributed by atoms with E-state index in [1.54, 1.807) is 19.9 Å². The number of anilines is 1. The van der Waals surface area contributed by atoms with Crippen LogP contribution < -0.4 is 15.2 Å². The first kappa shape index (κ1) is 15.7. The maximum atomic E-state index is 12.2. The Hall–Kier alpha value is -1.31. The average molecular weight is 288 g/mol. The van der Waals surface area contributed by atoms with Crippen LogP contribution in [0.25, 0.3) is 0 Å². The van der Waals surface area contributed by atoms with Gasteiger partial charge in [-0.3, -0.25) is 0 Å². The molecule has 1 aromatic rings. The lowest BCUT2D eigenvalue weighted by molar-refractivity contribution is 0.253. The molecule has 1 atom stereocenters. The van der Waals surface area contributed by atoms with Gasteiger partial charge in [-0.05, 0) is 31.0 Å². The number of benzene rings is 1. The molecule has 108 valence electrons. The van der Waals surface area contributed by atoms with Crippen molar-refractivity contribution in [1.29, 1.82) is 0 Å². The summed E-state index contributed by atoms with van der Waals surface area (Å²) in [4.78, 5) is -0.0231. The van der Waals surface area contributed by atoms with Gasteiger partial charge in [0.2, 0.25) is 10.0 Å². The largest absolute Gasteiger partial charge is 0.495 e. The number of rotatable bonds is 6. The van der Waals surface area contributed by atoms with Gasteiger partial charge >= 0.3 is 0 Å². The van der Waals surface area contributed by atoms with Crippen molar-refractivity contribution in [2.75, 3.05) is 19.5 Å². The second kappa shape index (κ2) is 6.23. The predicted molar refractivity (Wildman–Crippen MR) is 73.6 cm³/mol. The predicted octanol–water partition coefficient (Wildman–Crippen LogP) is 0.635. The number of hydrogen-bond acceptors (Lipinski definition) is 5. The van der Waals surface area contributed by atoms with E-state index in [2.05, 4.69) is 4.72 Å². The van der Waals surface area contributed by atoms with Gasteiger partial charge in [0, 0.05) is 11.7 Å². The molecule has 4 N–H and O–H groups in total. The quantitative estimate of drug-likeness (QED) is 0.667. The fourth-order valence-electron chi connectivity index (χ4n) is 1.58. The molecule has 0 spiro atoms. The van der Waals surface area contributed by atoms with Gasteiger partial charge in [0.25, 0.3) is 0 Å². The minimum Gasteiger partial charge on any atom is -0.495 e. The standard InChI is InChI=1S/C12H20N2O4S/c1-4-9(7-15)14-19(16,17)12-6-10(13)8(2)5-11(12)18-3/h5-6,9,14-15H,4,7,13H2,1-3H3. The van der Waals surface area contributed by atoms with E-state index in [9.17, 15) is 8.42 Å². The lowest BCUT2D eigenvalue weighted by Crippen LogP contribution is -2.37. The third-order valence-electron chi connectivity index (χ3n) is 2.88. The monoisotopic (exact) mass is 288 g/mol. The summed E-state index contributed by atoms with van der Waals surface area (Å²) in [6.45, 7) is 3.29. The maximum absolute atomic E-state index is 12.2. The number of aliphatic hydroxyl groups excluding tert-OH is 1. The van der Waals surface area contributed by atoms with Gasteiger partial charge in [0.15, 0.2) is 0 Å². The van der Waals surface area contributed by atoms with Gasteiger partial charge in [-0.15, -0.1) is 0 Å². The van der Waals surface area contributed by atoms with Crippen molar-refractivity contribution < 1.29 is 18.3 Å². The van der Waals surface area contributed by atoms with Crippen molar-refractivity contribution in [2.24, 2.45) is 0 Å². The van der Waals surface area contributed by atoms with Gasteiger partial charge in [-0.1, -0.05) is 6.92 Å². The second-order valence-electron chi connectivity index (χ2n) is 4.27. The third kappa shape index (κ3) is 3.59. The van der Waals surface area contributed by atoms with Crippen LogP contribution in [0, 0.1) is 6.92 Å². The fraction of sp³-hybridized carbons (Fsp3) is 0.500. The van der Waals surface area contributed by atoms with Crippen molar-refractivity contribution in [3.8, 4) is 5.75 Å². The third-order valence-corrected chi connectivity index (χ3v) is 4.42. The lowest BCUT2D eigenvalue weighted by atomic mass is 10.2. The highest BCUT2D eigenvalue weighted by molar-refractivity contribution is 7.89. The molecule has 0 aromatic heterocycles. The molecule has 0 aliphatic heterocycles. The van der Waals surface area contributed by atoms with E-state index in [-0.39, 0.29) is 17.3 Å². The molecule has 0 fully saturated rings. The summed E-state index contributed by atoms with van der Waals surface area (Å²) in [5.41, 5.74) is 6.85. The number of aliphatic hydroxyl groups is 1. The molecule has 7 heteroatoms. The summed E-state index contributed by atoms with van der Waals surface area (Å²) in [6, 6.07) is 2.40. The SMILES string of the molecule is CCC(CO)NS(=O)(=O)c1cc(N)c(C)cc1OC. The van der Waals surface area contributed by atoms with Gasteiger partial charge in [0.05, 0.1) is 13.7 Å². The van der Waals surface area contributed by atoms with Gasteiger partial charge < -0.3 is 15.6 Å². The molecule has 0 amide bonds. The smallest absolute Gasteiger partial charge is 0.244 e. The number of methoxy groups -OCH3 is 1. The Bertz CT molecular complexity index is 539. The van der Waals surface area contributed by atoms with Crippen LogP contribution in [0.5, 0.6) is 5.75 Å². The van der Waals surface area contributed by atoms with Crippen molar-refractivity contribution in [2.45, 2.75) is 31.2 Å². The number of sulfonamides is 1. The van der Waals surface area contributed by atoms with Crippen LogP contribution in [-0.4, -0.2) is 33.3 Å². The summed E-state index contributed by atoms with van der Waals surface area (Å²) >= 11 is 0. The van der Waals surface area contributed by atoms with Crippen molar-refractivity contribution in [3.05, 3.63) is 17.7 Å². The van der Waals surface area contributed by atoms with Crippen LogP contribution in [0.3, 0.4) is 0 Å². The number of nitrogens with two attached hydrogens (primary N) is 1. The van der Waals surface area contributed by atoms with E-state index in [0.717, 1.165) is 5.56 Å². The molecule has 19 heavy (non-hydrogen) atoms.